The normalized spacial score (nSPS) is 15.6. The fourth-order valence-electron chi connectivity index (χ4n) is 2.78. The van der Waals surface area contributed by atoms with Gasteiger partial charge in [-0.3, -0.25) is 9.89 Å². The highest BCUT2D eigenvalue weighted by Gasteiger charge is 2.23. The Morgan fingerprint density at radius 1 is 1.33 bits per heavy atom. The molecular weight excluding hydrogens is 415 g/mol. The molecule has 1 atom stereocenters. The Hall–Kier alpha value is -1.02. The third-order valence-electron chi connectivity index (χ3n) is 4.34. The van der Waals surface area contributed by atoms with Crippen molar-refractivity contribution < 1.29 is 4.74 Å². The number of rotatable bonds is 8. The molecule has 1 unspecified atom stereocenters. The molecule has 1 saturated carbocycles. The number of nitrogens with one attached hydrogen (secondary N) is 2. The van der Waals surface area contributed by atoms with E-state index in [1.165, 1.54) is 18.4 Å². The molecule has 2 rings (SSSR count). The van der Waals surface area contributed by atoms with Gasteiger partial charge in [0.05, 0.1) is 13.2 Å². The lowest BCUT2D eigenvalue weighted by Gasteiger charge is -2.31. The maximum Gasteiger partial charge on any atom is 0.191 e. The van der Waals surface area contributed by atoms with Crippen molar-refractivity contribution in [2.75, 3.05) is 33.8 Å². The summed E-state index contributed by atoms with van der Waals surface area (Å²) in [5.41, 5.74) is 1.27. The quantitative estimate of drug-likeness (QED) is 0.366. The van der Waals surface area contributed by atoms with Crippen LogP contribution in [-0.2, 0) is 0 Å². The third-order valence-corrected chi connectivity index (χ3v) is 4.34. The van der Waals surface area contributed by atoms with Gasteiger partial charge in [0.25, 0.3) is 0 Å². The lowest BCUT2D eigenvalue weighted by molar-refractivity contribution is 0.218. The first kappa shape index (κ1) is 21.0. The molecule has 0 radical (unpaired) electrons. The number of ether oxygens (including phenoxy) is 1. The summed E-state index contributed by atoms with van der Waals surface area (Å²) in [7, 11) is 3.54. The van der Waals surface area contributed by atoms with Crippen LogP contribution in [0, 0.1) is 0 Å². The van der Waals surface area contributed by atoms with Crippen LogP contribution in [0.4, 0.5) is 0 Å². The minimum atomic E-state index is 0. The molecule has 0 saturated heterocycles. The van der Waals surface area contributed by atoms with Crippen molar-refractivity contribution in [1.29, 1.82) is 0 Å². The van der Waals surface area contributed by atoms with E-state index >= 15 is 0 Å². The summed E-state index contributed by atoms with van der Waals surface area (Å²) in [6.45, 7) is 7.24. The van der Waals surface area contributed by atoms with E-state index in [0.29, 0.717) is 6.04 Å². The van der Waals surface area contributed by atoms with Crippen LogP contribution in [0.15, 0.2) is 29.3 Å². The Bertz CT molecular complexity index is 515. The molecule has 1 aromatic carbocycles. The zero-order valence-electron chi connectivity index (χ0n) is 15.2. The summed E-state index contributed by atoms with van der Waals surface area (Å²) in [5.74, 6) is 1.80. The Labute approximate surface area is 163 Å². The highest BCUT2D eigenvalue weighted by molar-refractivity contribution is 14.0. The molecule has 0 aliphatic heterocycles. The molecule has 0 spiro atoms. The summed E-state index contributed by atoms with van der Waals surface area (Å²) >= 11 is 0. The smallest absolute Gasteiger partial charge is 0.191 e. The number of nitrogens with zero attached hydrogens (tertiary/aromatic N) is 2. The van der Waals surface area contributed by atoms with E-state index in [1.54, 1.807) is 7.11 Å². The molecule has 1 fully saturated rings. The first-order valence-corrected chi connectivity index (χ1v) is 8.57. The van der Waals surface area contributed by atoms with Crippen molar-refractivity contribution in [1.82, 2.24) is 15.5 Å². The highest BCUT2D eigenvalue weighted by atomic mass is 127. The Kier molecular flexibility index (Phi) is 9.43. The van der Waals surface area contributed by atoms with Gasteiger partial charge < -0.3 is 15.4 Å². The van der Waals surface area contributed by atoms with Crippen molar-refractivity contribution in [2.45, 2.75) is 38.8 Å². The Morgan fingerprint density at radius 2 is 2.04 bits per heavy atom. The SMILES string of the molecule is CCN(CC)C(CNC(=NC)NC1CC1)c1cccc(OC)c1.I. The molecule has 0 aromatic heterocycles. The van der Waals surface area contributed by atoms with E-state index in [1.807, 2.05) is 13.1 Å². The van der Waals surface area contributed by atoms with E-state index in [0.717, 1.165) is 31.3 Å². The predicted octanol–water partition coefficient (Wildman–Crippen LogP) is 3.02. The largest absolute Gasteiger partial charge is 0.497 e. The Balaban J connectivity index is 0.00000288. The zero-order chi connectivity index (χ0) is 16.7. The van der Waals surface area contributed by atoms with Crippen molar-refractivity contribution in [3.8, 4) is 5.75 Å². The minimum absolute atomic E-state index is 0. The fraction of sp³-hybridized carbons (Fsp3) is 0.611. The monoisotopic (exact) mass is 446 g/mol. The van der Waals surface area contributed by atoms with Crippen LogP contribution in [0.3, 0.4) is 0 Å². The molecule has 2 N–H and O–H groups in total. The van der Waals surface area contributed by atoms with Crippen LogP contribution in [0.25, 0.3) is 0 Å². The average molecular weight is 446 g/mol. The van der Waals surface area contributed by atoms with Gasteiger partial charge in [0.15, 0.2) is 5.96 Å². The van der Waals surface area contributed by atoms with E-state index in [-0.39, 0.29) is 30.0 Å². The first-order valence-electron chi connectivity index (χ1n) is 8.57. The molecule has 0 heterocycles. The molecular formula is C18H31IN4O. The molecule has 0 bridgehead atoms. The molecule has 1 aliphatic carbocycles. The third kappa shape index (κ3) is 6.12. The van der Waals surface area contributed by atoms with E-state index in [9.17, 15) is 0 Å². The molecule has 1 aromatic rings. The summed E-state index contributed by atoms with van der Waals surface area (Å²) in [6.07, 6.45) is 2.49. The molecule has 6 heteroatoms. The fourth-order valence-corrected chi connectivity index (χ4v) is 2.78. The van der Waals surface area contributed by atoms with Gasteiger partial charge >= 0.3 is 0 Å². The van der Waals surface area contributed by atoms with Crippen LogP contribution >= 0.6 is 24.0 Å². The maximum absolute atomic E-state index is 5.38. The minimum Gasteiger partial charge on any atom is -0.497 e. The molecule has 1 aliphatic rings. The van der Waals surface area contributed by atoms with Crippen molar-refractivity contribution >= 4 is 29.9 Å². The van der Waals surface area contributed by atoms with Gasteiger partial charge in [0.1, 0.15) is 5.75 Å². The number of guanidine groups is 1. The van der Waals surface area contributed by atoms with Gasteiger partial charge in [-0.1, -0.05) is 26.0 Å². The molecule has 136 valence electrons. The second-order valence-electron chi connectivity index (χ2n) is 5.89. The van der Waals surface area contributed by atoms with Crippen LogP contribution in [-0.4, -0.2) is 50.7 Å². The predicted molar refractivity (Wildman–Crippen MR) is 112 cm³/mol. The number of methoxy groups -OCH3 is 1. The molecule has 24 heavy (non-hydrogen) atoms. The van der Waals surface area contributed by atoms with E-state index < -0.39 is 0 Å². The summed E-state index contributed by atoms with van der Waals surface area (Å²) in [4.78, 5) is 6.78. The molecule has 5 nitrogen and oxygen atoms in total. The van der Waals surface area contributed by atoms with Gasteiger partial charge in [-0.05, 0) is 43.6 Å². The number of halogens is 1. The lowest BCUT2D eigenvalue weighted by Crippen LogP contribution is -2.43. The van der Waals surface area contributed by atoms with E-state index in [2.05, 4.69) is 52.6 Å². The van der Waals surface area contributed by atoms with Crippen LogP contribution in [0.5, 0.6) is 5.75 Å². The number of hydrogen-bond donors (Lipinski definition) is 2. The average Bonchev–Trinajstić information content (AvgIpc) is 3.41. The Morgan fingerprint density at radius 3 is 2.58 bits per heavy atom. The van der Waals surface area contributed by atoms with Gasteiger partial charge in [-0.2, -0.15) is 0 Å². The highest BCUT2D eigenvalue weighted by Crippen LogP contribution is 2.24. The summed E-state index contributed by atoms with van der Waals surface area (Å²) in [5, 5.41) is 6.92. The summed E-state index contributed by atoms with van der Waals surface area (Å²) in [6, 6.07) is 9.24. The van der Waals surface area contributed by atoms with Crippen molar-refractivity contribution in [2.24, 2.45) is 4.99 Å². The first-order chi connectivity index (χ1) is 11.2. The standard InChI is InChI=1S/C18H30N4O.HI/c1-5-22(6-2)17(14-8-7-9-16(12-14)23-4)13-20-18(19-3)21-15-10-11-15;/h7-9,12,15,17H,5-6,10-11,13H2,1-4H3,(H2,19,20,21);1H. The second kappa shape index (κ2) is 10.8. The van der Waals surface area contributed by atoms with E-state index in [4.69, 9.17) is 4.74 Å². The van der Waals surface area contributed by atoms with Crippen LogP contribution in [0.2, 0.25) is 0 Å². The molecule has 0 amide bonds. The van der Waals surface area contributed by atoms with Crippen LogP contribution in [0.1, 0.15) is 38.3 Å². The van der Waals surface area contributed by atoms with Gasteiger partial charge in [0, 0.05) is 19.6 Å². The van der Waals surface area contributed by atoms with Gasteiger partial charge in [-0.15, -0.1) is 24.0 Å². The topological polar surface area (TPSA) is 48.9 Å². The lowest BCUT2D eigenvalue weighted by atomic mass is 10.0. The van der Waals surface area contributed by atoms with Gasteiger partial charge in [0.2, 0.25) is 0 Å². The van der Waals surface area contributed by atoms with Crippen molar-refractivity contribution in [3.63, 3.8) is 0 Å². The zero-order valence-corrected chi connectivity index (χ0v) is 17.5. The van der Waals surface area contributed by atoms with Gasteiger partial charge in [-0.25, -0.2) is 0 Å². The van der Waals surface area contributed by atoms with Crippen molar-refractivity contribution in [3.05, 3.63) is 29.8 Å². The maximum atomic E-state index is 5.38. The summed E-state index contributed by atoms with van der Waals surface area (Å²) < 4.78 is 5.38. The number of benzene rings is 1. The van der Waals surface area contributed by atoms with Crippen LogP contribution < -0.4 is 15.4 Å². The number of hydrogen-bond acceptors (Lipinski definition) is 3. The number of likely N-dealkylation sites (N-methyl/N-ethyl adjacent to an activating group) is 1. The number of aliphatic imine (C=N–C) groups is 1. The second-order valence-corrected chi connectivity index (χ2v) is 5.89.